The Morgan fingerprint density at radius 2 is 1.82 bits per heavy atom. The summed E-state index contributed by atoms with van der Waals surface area (Å²) < 4.78 is 36.2. The second-order valence-electron chi connectivity index (χ2n) is 7.71. The van der Waals surface area contributed by atoms with E-state index < -0.39 is 41.1 Å². The van der Waals surface area contributed by atoms with Crippen LogP contribution in [0.5, 0.6) is 5.75 Å². The molecule has 0 spiro atoms. The first-order valence-electron chi connectivity index (χ1n) is 8.93. The zero-order chi connectivity index (χ0) is 21.4. The van der Waals surface area contributed by atoms with Gasteiger partial charge < -0.3 is 28.7 Å². The number of hydrogen-bond donors (Lipinski definition) is 4. The summed E-state index contributed by atoms with van der Waals surface area (Å²) in [5.74, 6) is 1.43. The lowest BCUT2D eigenvalue weighted by molar-refractivity contribution is 0.0739. The van der Waals surface area contributed by atoms with Gasteiger partial charge >= 0.3 is 15.2 Å². The molecule has 2 rings (SSSR count). The molecule has 0 radical (unpaired) electrons. The van der Waals surface area contributed by atoms with E-state index in [1.807, 2.05) is 25.1 Å². The molecular weight excluding hydrogens is 442 g/mol. The van der Waals surface area contributed by atoms with Crippen LogP contribution in [0.1, 0.15) is 25.3 Å². The molecule has 12 heteroatoms. The number of fused-ring (bicyclic) bond motifs is 1. The van der Waals surface area contributed by atoms with Crippen molar-refractivity contribution in [2.45, 2.75) is 61.9 Å². The predicted molar refractivity (Wildman–Crippen MR) is 111 cm³/mol. The number of hydrogen-bond acceptors (Lipinski definition) is 5. The van der Waals surface area contributed by atoms with E-state index in [0.29, 0.717) is 18.6 Å². The van der Waals surface area contributed by atoms with Crippen LogP contribution in [-0.4, -0.2) is 44.8 Å². The van der Waals surface area contributed by atoms with E-state index in [2.05, 4.69) is 0 Å². The molecule has 0 saturated heterocycles. The third-order valence-corrected chi connectivity index (χ3v) is 10.4. The molecule has 1 unspecified atom stereocenters. The average molecular weight is 470 g/mol. The van der Waals surface area contributed by atoms with Crippen LogP contribution < -0.4 is 4.74 Å². The summed E-state index contributed by atoms with van der Waals surface area (Å²) in [7, 11) is -13.4. The van der Waals surface area contributed by atoms with Gasteiger partial charge in [-0.1, -0.05) is 19.1 Å². The topological polar surface area (TPSA) is 134 Å². The van der Waals surface area contributed by atoms with Gasteiger partial charge in [0.2, 0.25) is 0 Å². The summed E-state index contributed by atoms with van der Waals surface area (Å²) in [5.41, 5.74) is 0.971. The van der Waals surface area contributed by atoms with Crippen LogP contribution in [0.25, 0.3) is 0 Å². The summed E-state index contributed by atoms with van der Waals surface area (Å²) >= 11 is 1.57. The molecule has 4 N–H and O–H groups in total. The molecule has 1 atom stereocenters. The zero-order valence-corrected chi connectivity index (χ0v) is 20.0. The molecule has 0 fully saturated rings. The molecule has 1 heterocycles. The monoisotopic (exact) mass is 470 g/mol. The normalized spacial score (nSPS) is 18.5. The largest absolute Gasteiger partial charge is 0.489 e. The minimum Gasteiger partial charge on any atom is -0.489 e. The number of para-hydroxylation sites is 1. The molecule has 160 valence electrons. The van der Waals surface area contributed by atoms with Crippen molar-refractivity contribution in [1.29, 1.82) is 0 Å². The van der Waals surface area contributed by atoms with Crippen LogP contribution in [0, 0.1) is 0 Å². The molecule has 0 aromatic heterocycles. The first-order valence-corrected chi connectivity index (χ1v) is 16.5. The van der Waals surface area contributed by atoms with Crippen LogP contribution in [0.3, 0.4) is 0 Å². The maximum atomic E-state index is 12.3. The molecule has 1 aromatic rings. The Morgan fingerprint density at radius 1 is 1.21 bits per heavy atom. The molecule has 0 aliphatic carbocycles. The molecule has 1 aliphatic rings. The van der Waals surface area contributed by atoms with Gasteiger partial charge in [-0.05, 0) is 49.9 Å². The first-order chi connectivity index (χ1) is 12.7. The average Bonchev–Trinajstić information content (AvgIpc) is 2.51. The Hall–Kier alpha value is -0.153. The van der Waals surface area contributed by atoms with Crippen LogP contribution in [0.15, 0.2) is 23.1 Å². The Balaban J connectivity index is 2.44. The molecule has 0 saturated carbocycles. The predicted octanol–water partition coefficient (Wildman–Crippen LogP) is 3.74. The van der Waals surface area contributed by atoms with E-state index in [1.54, 1.807) is 31.4 Å². The van der Waals surface area contributed by atoms with Crippen molar-refractivity contribution in [3.63, 3.8) is 0 Å². The summed E-state index contributed by atoms with van der Waals surface area (Å²) in [6.45, 7) is 6.87. The highest BCUT2D eigenvalue weighted by atomic mass is 32.2. The highest BCUT2D eigenvalue weighted by Gasteiger charge is 2.64. The number of rotatable bonds is 8. The SMILES string of the molecule is CCSc1cccc2c1OC(CC(O[Si](C)(C)C)(P(=O)(O)O)P(=O)(O)O)CC2. The fourth-order valence-corrected chi connectivity index (χ4v) is 9.90. The summed E-state index contributed by atoms with van der Waals surface area (Å²) in [5, 5.41) is -2.90. The number of benzene rings is 1. The molecule has 8 nitrogen and oxygen atoms in total. The number of thioether (sulfide) groups is 1. The van der Waals surface area contributed by atoms with Crippen molar-refractivity contribution in [3.8, 4) is 5.75 Å². The van der Waals surface area contributed by atoms with Gasteiger partial charge in [0, 0.05) is 11.3 Å². The highest BCUT2D eigenvalue weighted by molar-refractivity contribution is 7.99. The Bertz CT molecular complexity index is 778. The van der Waals surface area contributed by atoms with Gasteiger partial charge in [-0.3, -0.25) is 9.13 Å². The number of aryl methyl sites for hydroxylation is 1. The lowest BCUT2D eigenvalue weighted by Gasteiger charge is -2.41. The third kappa shape index (κ3) is 5.30. The van der Waals surface area contributed by atoms with Gasteiger partial charge in [-0.15, -0.1) is 11.8 Å². The van der Waals surface area contributed by atoms with E-state index in [0.717, 1.165) is 16.2 Å². The number of ether oxygens (including phenoxy) is 1. The smallest absolute Gasteiger partial charge is 0.368 e. The van der Waals surface area contributed by atoms with Gasteiger partial charge in [0.05, 0.1) is 0 Å². The second kappa shape index (κ2) is 8.53. The molecule has 0 bridgehead atoms. The van der Waals surface area contributed by atoms with E-state index in [9.17, 15) is 28.7 Å². The quantitative estimate of drug-likeness (QED) is 0.255. The Morgan fingerprint density at radius 3 is 2.32 bits per heavy atom. The molecule has 1 aromatic carbocycles. The van der Waals surface area contributed by atoms with E-state index in [-0.39, 0.29) is 0 Å². The second-order valence-corrected chi connectivity index (χ2v) is 17.4. The van der Waals surface area contributed by atoms with E-state index in [4.69, 9.17) is 9.16 Å². The minimum absolute atomic E-state index is 0.379. The Kier molecular flexibility index (Phi) is 7.35. The van der Waals surface area contributed by atoms with Gasteiger partial charge in [0.15, 0.2) is 8.32 Å². The fourth-order valence-electron chi connectivity index (χ4n) is 3.20. The fraction of sp³-hybridized carbons (Fsp3) is 0.625. The lowest BCUT2D eigenvalue weighted by atomic mass is 10.0. The third-order valence-electron chi connectivity index (χ3n) is 4.25. The van der Waals surface area contributed by atoms with Crippen LogP contribution in [0.4, 0.5) is 0 Å². The van der Waals surface area contributed by atoms with Crippen molar-refractivity contribution >= 4 is 35.3 Å². The van der Waals surface area contributed by atoms with E-state index in [1.165, 1.54) is 0 Å². The van der Waals surface area contributed by atoms with Crippen molar-refractivity contribution in [3.05, 3.63) is 23.8 Å². The molecule has 1 aliphatic heterocycles. The lowest BCUT2D eigenvalue weighted by Crippen LogP contribution is -2.46. The zero-order valence-electron chi connectivity index (χ0n) is 16.4. The van der Waals surface area contributed by atoms with Crippen molar-refractivity contribution < 1.29 is 37.9 Å². The van der Waals surface area contributed by atoms with Gasteiger partial charge in [0.25, 0.3) is 5.08 Å². The van der Waals surface area contributed by atoms with Gasteiger partial charge in [0.1, 0.15) is 11.9 Å². The highest BCUT2D eigenvalue weighted by Crippen LogP contribution is 2.72. The van der Waals surface area contributed by atoms with Crippen molar-refractivity contribution in [1.82, 2.24) is 0 Å². The van der Waals surface area contributed by atoms with Gasteiger partial charge in [-0.25, -0.2) is 0 Å². The molecule has 0 amide bonds. The van der Waals surface area contributed by atoms with Crippen LogP contribution >= 0.6 is 27.0 Å². The maximum Gasteiger partial charge on any atom is 0.368 e. The van der Waals surface area contributed by atoms with Crippen molar-refractivity contribution in [2.75, 3.05) is 5.75 Å². The maximum absolute atomic E-state index is 12.3. The first kappa shape index (κ1) is 24.1. The minimum atomic E-state index is -5.34. The summed E-state index contributed by atoms with van der Waals surface area (Å²) in [6.07, 6.45) is -0.410. The van der Waals surface area contributed by atoms with Crippen molar-refractivity contribution in [2.24, 2.45) is 0 Å². The van der Waals surface area contributed by atoms with Crippen LogP contribution in [0.2, 0.25) is 19.6 Å². The van der Waals surface area contributed by atoms with Gasteiger partial charge in [-0.2, -0.15) is 0 Å². The summed E-state index contributed by atoms with van der Waals surface area (Å²) in [6, 6.07) is 5.74. The summed E-state index contributed by atoms with van der Waals surface area (Å²) in [4.78, 5) is 40.7. The molecular formula is C16H28O8P2SSi. The van der Waals surface area contributed by atoms with E-state index >= 15 is 0 Å². The molecule has 28 heavy (non-hydrogen) atoms. The standard InChI is InChI=1S/C16H28O8P2SSi/c1-5-27-14-8-6-7-12-9-10-13(23-15(12)14)11-16(25(17,18)19,26(20,21)22)24-28(2,3)4/h6-8,13H,5,9-11H2,1-4H3,(H2,17,18,19)(H2,20,21,22). The van der Waals surface area contributed by atoms with Crippen LogP contribution in [-0.2, 0) is 20.0 Å². The Labute approximate surface area is 170 Å².